The highest BCUT2D eigenvalue weighted by molar-refractivity contribution is 7.08. The largest absolute Gasteiger partial charge is 0.338 e. The lowest BCUT2D eigenvalue weighted by atomic mass is 10.3. The zero-order valence-electron chi connectivity index (χ0n) is 12.0. The average Bonchev–Trinajstić information content (AvgIpc) is 3.17. The van der Waals surface area contributed by atoms with Crippen LogP contribution in [-0.4, -0.2) is 26.0 Å². The maximum Gasteiger partial charge on any atom is 0.240 e. The van der Waals surface area contributed by atoms with Gasteiger partial charge in [0, 0.05) is 23.2 Å². The molecule has 0 bridgehead atoms. The summed E-state index contributed by atoms with van der Waals surface area (Å²) in [7, 11) is 0. The molecule has 110 valence electrons. The number of aryl methyl sites for hydroxylation is 1. The van der Waals surface area contributed by atoms with Crippen LogP contribution in [0.4, 0.5) is 0 Å². The van der Waals surface area contributed by atoms with Gasteiger partial charge in [0.2, 0.25) is 11.7 Å². The Kier molecular flexibility index (Phi) is 4.12. The summed E-state index contributed by atoms with van der Waals surface area (Å²) in [5, 5.41) is 15.6. The Labute approximate surface area is 126 Å². The van der Waals surface area contributed by atoms with E-state index >= 15 is 0 Å². The lowest BCUT2D eigenvalue weighted by Crippen LogP contribution is -2.30. The first kappa shape index (κ1) is 14.0. The molecule has 6 nitrogen and oxygen atoms in total. The van der Waals surface area contributed by atoms with Crippen molar-refractivity contribution in [2.75, 3.05) is 0 Å². The number of nitrogens with zero attached hydrogens (tertiary/aromatic N) is 4. The quantitative estimate of drug-likeness (QED) is 0.757. The fourth-order valence-electron chi connectivity index (χ4n) is 2.01. The highest BCUT2D eigenvalue weighted by Crippen LogP contribution is 2.18. The fourth-order valence-corrected chi connectivity index (χ4v) is 2.64. The Bertz CT molecular complexity index is 688. The third kappa shape index (κ3) is 3.56. The minimum atomic E-state index is 0.265. The van der Waals surface area contributed by atoms with Crippen LogP contribution in [0.5, 0.6) is 0 Å². The maximum absolute atomic E-state index is 5.25. The SMILES string of the molecule is Cc1cnn(C[C@H](C)NCc2nc(-c3ccsc3)no2)c1. The van der Waals surface area contributed by atoms with Crippen LogP contribution in [0.15, 0.2) is 33.7 Å². The molecule has 0 aromatic carbocycles. The summed E-state index contributed by atoms with van der Waals surface area (Å²) in [6.07, 6.45) is 3.89. The third-order valence-corrected chi connectivity index (χ3v) is 3.76. The molecular weight excluding hydrogens is 286 g/mol. The molecule has 0 amide bonds. The first-order valence-electron chi connectivity index (χ1n) is 6.78. The van der Waals surface area contributed by atoms with E-state index in [4.69, 9.17) is 4.52 Å². The molecule has 0 aliphatic heterocycles. The molecule has 0 fully saturated rings. The summed E-state index contributed by atoms with van der Waals surface area (Å²) in [5.41, 5.74) is 2.16. The number of nitrogens with one attached hydrogen (secondary N) is 1. The molecule has 3 rings (SSSR count). The van der Waals surface area contributed by atoms with E-state index < -0.39 is 0 Å². The van der Waals surface area contributed by atoms with E-state index in [1.165, 1.54) is 5.56 Å². The van der Waals surface area contributed by atoms with Crippen LogP contribution in [0.3, 0.4) is 0 Å². The highest BCUT2D eigenvalue weighted by atomic mass is 32.1. The van der Waals surface area contributed by atoms with Gasteiger partial charge in [-0.2, -0.15) is 21.4 Å². The highest BCUT2D eigenvalue weighted by Gasteiger charge is 2.10. The molecular formula is C14H17N5OS. The molecule has 0 unspecified atom stereocenters. The van der Waals surface area contributed by atoms with Gasteiger partial charge in [0.1, 0.15) is 0 Å². The Morgan fingerprint density at radius 1 is 1.48 bits per heavy atom. The number of thiophene rings is 1. The predicted octanol–water partition coefficient (Wildman–Crippen LogP) is 2.48. The zero-order valence-corrected chi connectivity index (χ0v) is 12.8. The maximum atomic E-state index is 5.25. The van der Waals surface area contributed by atoms with Crippen LogP contribution in [-0.2, 0) is 13.1 Å². The summed E-state index contributed by atoms with van der Waals surface area (Å²) in [6.45, 7) is 5.50. The van der Waals surface area contributed by atoms with Gasteiger partial charge in [-0.15, -0.1) is 0 Å². The van der Waals surface area contributed by atoms with Crippen molar-refractivity contribution in [1.29, 1.82) is 0 Å². The first-order chi connectivity index (χ1) is 10.2. The molecule has 3 aromatic rings. The molecule has 0 saturated heterocycles. The summed E-state index contributed by atoms with van der Waals surface area (Å²) in [5.74, 6) is 1.24. The van der Waals surface area contributed by atoms with E-state index in [1.54, 1.807) is 11.3 Å². The van der Waals surface area contributed by atoms with Crippen molar-refractivity contribution >= 4 is 11.3 Å². The van der Waals surface area contributed by atoms with Crippen molar-refractivity contribution in [3.63, 3.8) is 0 Å². The van der Waals surface area contributed by atoms with E-state index in [2.05, 4.69) is 27.5 Å². The molecule has 3 heterocycles. The van der Waals surface area contributed by atoms with Crippen LogP contribution >= 0.6 is 11.3 Å². The van der Waals surface area contributed by atoms with E-state index in [0.717, 1.165) is 12.1 Å². The minimum absolute atomic E-state index is 0.265. The minimum Gasteiger partial charge on any atom is -0.338 e. The van der Waals surface area contributed by atoms with Gasteiger partial charge in [0.15, 0.2) is 0 Å². The van der Waals surface area contributed by atoms with Crippen molar-refractivity contribution in [1.82, 2.24) is 25.2 Å². The first-order valence-corrected chi connectivity index (χ1v) is 7.72. The van der Waals surface area contributed by atoms with E-state index in [1.807, 2.05) is 40.8 Å². The summed E-state index contributed by atoms with van der Waals surface area (Å²) >= 11 is 1.62. The van der Waals surface area contributed by atoms with Crippen molar-refractivity contribution in [2.45, 2.75) is 33.0 Å². The van der Waals surface area contributed by atoms with Gasteiger partial charge < -0.3 is 9.84 Å². The van der Waals surface area contributed by atoms with E-state index in [-0.39, 0.29) is 6.04 Å². The molecule has 0 radical (unpaired) electrons. The second kappa shape index (κ2) is 6.19. The lowest BCUT2D eigenvalue weighted by Gasteiger charge is -2.11. The third-order valence-electron chi connectivity index (χ3n) is 3.07. The topological polar surface area (TPSA) is 68.8 Å². The van der Waals surface area contributed by atoms with Gasteiger partial charge in [0.05, 0.1) is 19.3 Å². The number of hydrogen-bond acceptors (Lipinski definition) is 6. The van der Waals surface area contributed by atoms with Crippen LogP contribution in [0.2, 0.25) is 0 Å². The molecule has 0 aliphatic rings. The molecule has 21 heavy (non-hydrogen) atoms. The van der Waals surface area contributed by atoms with Crippen molar-refractivity contribution < 1.29 is 4.52 Å². The van der Waals surface area contributed by atoms with Gasteiger partial charge in [0.25, 0.3) is 0 Å². The van der Waals surface area contributed by atoms with Crippen LogP contribution < -0.4 is 5.32 Å². The Balaban J connectivity index is 1.53. The van der Waals surface area contributed by atoms with Gasteiger partial charge >= 0.3 is 0 Å². The Hall–Kier alpha value is -1.99. The number of hydrogen-bond donors (Lipinski definition) is 1. The van der Waals surface area contributed by atoms with E-state index in [9.17, 15) is 0 Å². The second-order valence-electron chi connectivity index (χ2n) is 5.05. The summed E-state index contributed by atoms with van der Waals surface area (Å²) in [6, 6.07) is 2.25. The standard InChI is InChI=1S/C14H17N5OS/c1-10-5-16-19(7-10)8-11(2)15-6-13-17-14(18-20-13)12-3-4-21-9-12/h3-5,7,9,11,15H,6,8H2,1-2H3/t11-/m0/s1. The van der Waals surface area contributed by atoms with Gasteiger partial charge in [-0.05, 0) is 30.9 Å². The smallest absolute Gasteiger partial charge is 0.240 e. The van der Waals surface area contributed by atoms with Crippen molar-refractivity contribution in [2.24, 2.45) is 0 Å². The van der Waals surface area contributed by atoms with Gasteiger partial charge in [-0.3, -0.25) is 4.68 Å². The normalized spacial score (nSPS) is 12.7. The van der Waals surface area contributed by atoms with Crippen LogP contribution in [0.1, 0.15) is 18.4 Å². The molecule has 0 spiro atoms. The molecule has 7 heteroatoms. The molecule has 1 N–H and O–H groups in total. The Morgan fingerprint density at radius 3 is 3.10 bits per heavy atom. The van der Waals surface area contributed by atoms with Crippen molar-refractivity contribution in [3.8, 4) is 11.4 Å². The van der Waals surface area contributed by atoms with Gasteiger partial charge in [-0.1, -0.05) is 5.16 Å². The van der Waals surface area contributed by atoms with Crippen molar-refractivity contribution in [3.05, 3.63) is 40.7 Å². The number of rotatable bonds is 6. The predicted molar refractivity (Wildman–Crippen MR) is 80.9 cm³/mol. The lowest BCUT2D eigenvalue weighted by molar-refractivity contribution is 0.350. The monoisotopic (exact) mass is 303 g/mol. The molecule has 0 aliphatic carbocycles. The second-order valence-corrected chi connectivity index (χ2v) is 5.83. The molecule has 3 aromatic heterocycles. The summed E-state index contributed by atoms with van der Waals surface area (Å²) in [4.78, 5) is 4.38. The van der Waals surface area contributed by atoms with Crippen LogP contribution in [0.25, 0.3) is 11.4 Å². The Morgan fingerprint density at radius 2 is 2.38 bits per heavy atom. The van der Waals surface area contributed by atoms with Gasteiger partial charge in [-0.25, -0.2) is 0 Å². The van der Waals surface area contributed by atoms with E-state index in [0.29, 0.717) is 18.3 Å². The molecule has 0 saturated carbocycles. The number of aromatic nitrogens is 4. The zero-order chi connectivity index (χ0) is 14.7. The average molecular weight is 303 g/mol. The van der Waals surface area contributed by atoms with Crippen LogP contribution in [0, 0.1) is 6.92 Å². The fraction of sp³-hybridized carbons (Fsp3) is 0.357. The summed E-state index contributed by atoms with van der Waals surface area (Å²) < 4.78 is 7.18. The molecule has 1 atom stereocenters.